The van der Waals surface area contributed by atoms with Crippen molar-refractivity contribution in [1.82, 2.24) is 10.2 Å². The second kappa shape index (κ2) is 27.0. The van der Waals surface area contributed by atoms with Gasteiger partial charge in [-0.15, -0.1) is 0 Å². The molecule has 0 spiro atoms. The highest BCUT2D eigenvalue weighted by molar-refractivity contribution is 7.51. The number of carbonyl (C=O) groups excluding carboxylic acids is 2. The van der Waals surface area contributed by atoms with Crippen LogP contribution in [0.3, 0.4) is 0 Å². The van der Waals surface area contributed by atoms with E-state index in [9.17, 15) is 23.5 Å². The number of aliphatic hydroxyl groups is 1. The van der Waals surface area contributed by atoms with Crippen molar-refractivity contribution in [2.75, 3.05) is 39.3 Å². The third-order valence-electron chi connectivity index (χ3n) is 1.70. The van der Waals surface area contributed by atoms with Crippen LogP contribution in [0.25, 0.3) is 0 Å². The molecule has 0 saturated heterocycles. The van der Waals surface area contributed by atoms with Gasteiger partial charge in [0.15, 0.2) is 0 Å². The summed E-state index contributed by atoms with van der Waals surface area (Å²) in [5.74, 6) is -3.84. The van der Waals surface area contributed by atoms with Crippen molar-refractivity contribution in [3.63, 3.8) is 0 Å². The predicted octanol–water partition coefficient (Wildman–Crippen LogP) is -1.68. The fourth-order valence-corrected chi connectivity index (χ4v) is 2.23. The van der Waals surface area contributed by atoms with Crippen LogP contribution in [0.4, 0.5) is 0 Å². The number of nitrogens with one attached hydrogen (secondary N) is 1. The Morgan fingerprint density at radius 3 is 1.28 bits per heavy atom. The average molecular weight is 520 g/mol. The van der Waals surface area contributed by atoms with E-state index in [0.29, 0.717) is 4.90 Å². The second-order valence-electron chi connectivity index (χ2n) is 4.31. The monoisotopic (exact) mass is 520 g/mol. The maximum atomic E-state index is 10.5. The molecule has 0 aromatic carbocycles. The molecule has 9 N–H and O–H groups in total. The van der Waals surface area contributed by atoms with E-state index in [4.69, 9.17) is 49.6 Å². The van der Waals surface area contributed by atoms with Crippen molar-refractivity contribution in [3.8, 4) is 0 Å². The Bertz CT molecular complexity index is 594. The molecule has 0 radical (unpaired) electrons. The van der Waals surface area contributed by atoms with Crippen LogP contribution in [-0.2, 0) is 33.1 Å². The Morgan fingerprint density at radius 1 is 0.781 bits per heavy atom. The first-order valence-electron chi connectivity index (χ1n) is 6.65. The molecular formula is C13H34N2O15P2. The molecule has 0 amide bonds. The number of hydrogen-bond donors (Lipinski definition) is 9. The van der Waals surface area contributed by atoms with E-state index >= 15 is 0 Å². The van der Waals surface area contributed by atoms with Gasteiger partial charge in [-0.2, -0.15) is 9.59 Å². The van der Waals surface area contributed by atoms with Crippen LogP contribution in [0, 0.1) is 0 Å². The minimum Gasteiger partial charge on any atom is -0.480 e. The highest BCUT2D eigenvalue weighted by atomic mass is 31.2. The summed E-state index contributed by atoms with van der Waals surface area (Å²) in [6, 6.07) is 0. The Morgan fingerprint density at radius 2 is 1.09 bits per heavy atom. The van der Waals surface area contributed by atoms with Crippen molar-refractivity contribution in [1.29, 1.82) is 0 Å². The molecule has 0 aromatic rings. The van der Waals surface area contributed by atoms with Gasteiger partial charge in [-0.1, -0.05) is 22.3 Å². The minimum absolute atomic E-state index is 0. The summed E-state index contributed by atoms with van der Waals surface area (Å²) < 4.78 is 20.5. The van der Waals surface area contributed by atoms with Gasteiger partial charge < -0.3 is 40.0 Å². The summed E-state index contributed by atoms with van der Waals surface area (Å²) in [6.07, 6.45) is -1.23. The topological polar surface area (TPSA) is 297 Å². The zero-order chi connectivity index (χ0) is 24.3. The third-order valence-corrected chi connectivity index (χ3v) is 3.10. The summed E-state index contributed by atoms with van der Waals surface area (Å²) in [4.78, 5) is 80.4. The molecule has 0 heterocycles. The highest BCUT2D eigenvalue weighted by Crippen LogP contribution is 2.34. The number of carbonyl (C=O) groups is 3. The van der Waals surface area contributed by atoms with E-state index in [0.717, 1.165) is 7.11 Å². The largest absolute Gasteiger partial charge is 0.480 e. The number of carboxylic acid groups (broad SMARTS) is 3. The lowest BCUT2D eigenvalue weighted by Crippen LogP contribution is -2.35. The van der Waals surface area contributed by atoms with Crippen molar-refractivity contribution in [2.45, 2.75) is 22.3 Å². The maximum absolute atomic E-state index is 10.5. The lowest BCUT2D eigenvalue weighted by atomic mass is 10.5. The van der Waals surface area contributed by atoms with Crippen LogP contribution in [-0.4, -0.2) is 108 Å². The number of carboxylic acids is 3. The van der Waals surface area contributed by atoms with Crippen LogP contribution in [0.5, 0.6) is 0 Å². The first-order valence-corrected chi connectivity index (χ1v) is 10.2. The summed E-state index contributed by atoms with van der Waals surface area (Å²) in [7, 11) is -7.53. The van der Waals surface area contributed by atoms with Crippen molar-refractivity contribution in [2.24, 2.45) is 0 Å². The lowest BCUT2D eigenvalue weighted by molar-refractivity contribution is -0.191. The van der Waals surface area contributed by atoms with Crippen LogP contribution in [0.1, 0.15) is 22.3 Å². The molecule has 0 aliphatic rings. The van der Waals surface area contributed by atoms with Gasteiger partial charge in [-0.25, -0.2) is 0 Å². The molecule has 0 rings (SSSR count). The van der Waals surface area contributed by atoms with Gasteiger partial charge in [-0.3, -0.25) is 33.7 Å². The fraction of sp³-hybridized carbons (Fsp3) is 0.692. The molecule has 19 heteroatoms. The number of aliphatic hydroxyl groups excluding tert-OH is 1. The van der Waals surface area contributed by atoms with Gasteiger partial charge in [0.1, 0.15) is 6.29 Å². The normalized spacial score (nSPS) is 9.09. The molecule has 0 aliphatic carbocycles. The molecule has 17 nitrogen and oxygen atoms in total. The minimum atomic E-state index is -4.44. The number of rotatable bonds is 10. The Hall–Kier alpha value is -2.03. The van der Waals surface area contributed by atoms with E-state index in [1.54, 1.807) is 0 Å². The standard InChI is InChI=1S/C5H10NO7P.C3H8NO5P.CO2.CH4O.3CH4/c7-4(8)1-6(2-5(9)10)3-14(11,12)13;5-3(6)1-4-2-10(7,8)9;2-1-3;1-2;;;/h1-3H2,(H,7,8)(H,9,10)(H2,11,12,13);4H,1-2H2,(H,5,6)(H2,7,8,9);;2H,1H3;3*1H4. The highest BCUT2D eigenvalue weighted by Gasteiger charge is 2.22. The van der Waals surface area contributed by atoms with Gasteiger partial charge in [0, 0.05) is 7.11 Å². The molecule has 0 bridgehead atoms. The molecule has 32 heavy (non-hydrogen) atoms. The van der Waals surface area contributed by atoms with E-state index in [-0.39, 0.29) is 28.4 Å². The van der Waals surface area contributed by atoms with E-state index in [1.165, 1.54) is 0 Å². The first kappa shape index (κ1) is 47.7. The fourth-order valence-electron chi connectivity index (χ4n) is 1.11. The smallest absolute Gasteiger partial charge is 0.373 e. The van der Waals surface area contributed by atoms with Crippen molar-refractivity contribution >= 4 is 39.3 Å². The third kappa shape index (κ3) is 63.0. The SMILES string of the molecule is C.C.C.CO.O=C(O)CN(CC(=O)O)CP(=O)(O)O.O=C(O)CNCP(=O)(O)O.O=C=O. The summed E-state index contributed by atoms with van der Waals surface area (Å²) in [6.45, 7) is -1.89. The zero-order valence-electron chi connectivity index (χ0n) is 14.8. The van der Waals surface area contributed by atoms with E-state index in [2.05, 4.69) is 5.32 Å². The molecule has 196 valence electrons. The van der Waals surface area contributed by atoms with Crippen LogP contribution in [0.15, 0.2) is 0 Å². The summed E-state index contributed by atoms with van der Waals surface area (Å²) >= 11 is 0. The number of aliphatic carboxylic acids is 3. The maximum Gasteiger partial charge on any atom is 0.373 e. The van der Waals surface area contributed by atoms with Crippen LogP contribution < -0.4 is 5.32 Å². The summed E-state index contributed by atoms with van der Waals surface area (Å²) in [5, 5.41) is 33.7. The Labute approximate surface area is 185 Å². The van der Waals surface area contributed by atoms with Gasteiger partial charge in [0.2, 0.25) is 0 Å². The average Bonchev–Trinajstić information content (AvgIpc) is 2.45. The van der Waals surface area contributed by atoms with Gasteiger partial charge in [-0.05, 0) is 0 Å². The van der Waals surface area contributed by atoms with Gasteiger partial charge >= 0.3 is 39.3 Å². The predicted molar refractivity (Wildman–Crippen MR) is 110 cm³/mol. The van der Waals surface area contributed by atoms with Gasteiger partial charge in [0.05, 0.1) is 25.9 Å². The second-order valence-corrected chi connectivity index (χ2v) is 7.57. The number of nitrogens with zero attached hydrogens (tertiary/aromatic N) is 1. The van der Waals surface area contributed by atoms with E-state index < -0.39 is 65.3 Å². The van der Waals surface area contributed by atoms with Crippen LogP contribution in [0.2, 0.25) is 0 Å². The van der Waals surface area contributed by atoms with Crippen molar-refractivity contribution in [3.05, 3.63) is 0 Å². The molecule has 0 fully saturated rings. The van der Waals surface area contributed by atoms with Gasteiger partial charge in [0.25, 0.3) is 0 Å². The quantitative estimate of drug-likeness (QED) is 0.145. The molecule has 0 unspecified atom stereocenters. The number of hydrogen-bond acceptors (Lipinski definition) is 10. The van der Waals surface area contributed by atoms with Crippen molar-refractivity contribution < 1.29 is 73.1 Å². The first-order chi connectivity index (χ1) is 13.0. The lowest BCUT2D eigenvalue weighted by Gasteiger charge is -2.17. The zero-order valence-corrected chi connectivity index (χ0v) is 16.6. The Balaban J connectivity index is -0.0000000617. The molecular weight excluding hydrogens is 486 g/mol. The Kier molecular flexibility index (Phi) is 40.2. The summed E-state index contributed by atoms with van der Waals surface area (Å²) in [5.41, 5.74) is 0. The van der Waals surface area contributed by atoms with E-state index in [1.807, 2.05) is 0 Å². The molecule has 0 saturated carbocycles. The van der Waals surface area contributed by atoms with Crippen LogP contribution >= 0.6 is 15.2 Å². The molecule has 0 aliphatic heterocycles. The molecule has 0 atom stereocenters. The molecule has 0 aromatic heterocycles.